The van der Waals surface area contributed by atoms with E-state index in [9.17, 15) is 9.59 Å². The van der Waals surface area contributed by atoms with E-state index in [2.05, 4.69) is 24.1 Å². The average Bonchev–Trinajstić information content (AvgIpc) is 2.75. The number of hydrogen-bond acceptors (Lipinski definition) is 5. The van der Waals surface area contributed by atoms with E-state index in [-0.39, 0.29) is 24.7 Å². The molecule has 0 aliphatic carbocycles. The van der Waals surface area contributed by atoms with Gasteiger partial charge < -0.3 is 24.6 Å². The molecule has 1 aliphatic rings. The lowest BCUT2D eigenvalue weighted by Gasteiger charge is -2.26. The summed E-state index contributed by atoms with van der Waals surface area (Å²) in [7, 11) is 0. The van der Waals surface area contributed by atoms with Crippen molar-refractivity contribution in [3.05, 3.63) is 29.8 Å². The Kier molecular flexibility index (Phi) is 9.79. The lowest BCUT2D eigenvalue weighted by Crippen LogP contribution is -2.41. The van der Waals surface area contributed by atoms with Crippen molar-refractivity contribution in [3.8, 4) is 5.75 Å². The summed E-state index contributed by atoms with van der Waals surface area (Å²) in [5.41, 5.74) is 0.940. The minimum absolute atomic E-state index is 0.0126. The molecule has 1 saturated heterocycles. The van der Waals surface area contributed by atoms with Crippen LogP contribution in [0, 0.1) is 0 Å². The lowest BCUT2D eigenvalue weighted by molar-refractivity contribution is -0.137. The molecule has 0 bridgehead atoms. The minimum Gasteiger partial charge on any atom is -0.492 e. The number of nitrogens with zero attached hydrogens (tertiary/aromatic N) is 2. The molecule has 7 heteroatoms. The van der Waals surface area contributed by atoms with Crippen molar-refractivity contribution >= 4 is 11.8 Å². The van der Waals surface area contributed by atoms with E-state index in [1.807, 2.05) is 24.3 Å². The molecule has 1 fully saturated rings. The van der Waals surface area contributed by atoms with E-state index in [0.717, 1.165) is 30.9 Å². The second kappa shape index (κ2) is 12.4. The van der Waals surface area contributed by atoms with Gasteiger partial charge in [0.25, 0.3) is 0 Å². The van der Waals surface area contributed by atoms with Crippen molar-refractivity contribution in [1.29, 1.82) is 0 Å². The Hall–Kier alpha value is -2.12. The molecule has 2 amide bonds. The maximum atomic E-state index is 12.1. The summed E-state index contributed by atoms with van der Waals surface area (Å²) in [6, 6.07) is 7.73. The van der Waals surface area contributed by atoms with Gasteiger partial charge in [0.05, 0.1) is 13.2 Å². The van der Waals surface area contributed by atoms with Gasteiger partial charge in [0.2, 0.25) is 11.8 Å². The molecule has 28 heavy (non-hydrogen) atoms. The Bertz CT molecular complexity index is 613. The van der Waals surface area contributed by atoms with Crippen LogP contribution < -0.4 is 10.1 Å². The highest BCUT2D eigenvalue weighted by molar-refractivity contribution is 5.83. The summed E-state index contributed by atoms with van der Waals surface area (Å²) in [5.74, 6) is 0.678. The van der Waals surface area contributed by atoms with Crippen LogP contribution >= 0.6 is 0 Å². The van der Waals surface area contributed by atoms with E-state index < -0.39 is 0 Å². The van der Waals surface area contributed by atoms with Gasteiger partial charge in [-0.25, -0.2) is 0 Å². The molecular formula is C21H33N3O4. The molecule has 0 radical (unpaired) electrons. The molecule has 0 unspecified atom stereocenters. The number of nitrogens with one attached hydrogen (secondary N) is 1. The Morgan fingerprint density at radius 1 is 1.14 bits per heavy atom. The van der Waals surface area contributed by atoms with Gasteiger partial charge >= 0.3 is 0 Å². The topological polar surface area (TPSA) is 71.1 Å². The second-order valence-corrected chi connectivity index (χ2v) is 6.75. The summed E-state index contributed by atoms with van der Waals surface area (Å²) in [4.78, 5) is 28.3. The average molecular weight is 392 g/mol. The Labute approximate surface area is 168 Å². The van der Waals surface area contributed by atoms with Crippen molar-refractivity contribution in [2.75, 3.05) is 52.5 Å². The fourth-order valence-electron chi connectivity index (χ4n) is 3.09. The molecule has 1 aliphatic heterocycles. The van der Waals surface area contributed by atoms with Gasteiger partial charge in [-0.2, -0.15) is 0 Å². The summed E-state index contributed by atoms with van der Waals surface area (Å²) in [6.45, 7) is 10.5. The fraction of sp³-hybridized carbons (Fsp3) is 0.619. The number of likely N-dealkylation sites (N-methyl/N-ethyl adjacent to an activating group) is 1. The maximum absolute atomic E-state index is 12.1. The van der Waals surface area contributed by atoms with Gasteiger partial charge in [-0.05, 0) is 19.2 Å². The van der Waals surface area contributed by atoms with Crippen LogP contribution in [0.5, 0.6) is 5.75 Å². The largest absolute Gasteiger partial charge is 0.492 e. The number of ether oxygens (including phenoxy) is 2. The number of para-hydroxylation sites is 1. The van der Waals surface area contributed by atoms with Crippen LogP contribution in [0.15, 0.2) is 24.3 Å². The van der Waals surface area contributed by atoms with E-state index >= 15 is 0 Å². The van der Waals surface area contributed by atoms with Crippen LogP contribution in [0.4, 0.5) is 0 Å². The van der Waals surface area contributed by atoms with Crippen LogP contribution in [-0.2, 0) is 20.9 Å². The Balaban J connectivity index is 1.73. The standard InChI is InChI=1S/C21H33N3O4/c1-3-23(4-2)11-16-28-19-8-6-5-7-18(19)17-22-20(25)9-10-21(26)24-12-14-27-15-13-24/h5-8H,3-4,9-17H2,1-2H3,(H,22,25). The highest BCUT2D eigenvalue weighted by atomic mass is 16.5. The van der Waals surface area contributed by atoms with Gasteiger partial charge in [0.1, 0.15) is 12.4 Å². The fourth-order valence-corrected chi connectivity index (χ4v) is 3.09. The van der Waals surface area contributed by atoms with Crippen molar-refractivity contribution in [3.63, 3.8) is 0 Å². The van der Waals surface area contributed by atoms with E-state index in [1.165, 1.54) is 0 Å². The zero-order chi connectivity index (χ0) is 20.2. The first-order chi connectivity index (χ1) is 13.6. The summed E-state index contributed by atoms with van der Waals surface area (Å²) in [5, 5.41) is 2.89. The number of amides is 2. The molecule has 0 saturated carbocycles. The Morgan fingerprint density at radius 3 is 2.57 bits per heavy atom. The predicted octanol–water partition coefficient (Wildman–Crippen LogP) is 1.66. The molecule has 0 spiro atoms. The van der Waals surface area contributed by atoms with Crippen molar-refractivity contribution in [2.24, 2.45) is 0 Å². The predicted molar refractivity (Wildman–Crippen MR) is 108 cm³/mol. The third kappa shape index (κ3) is 7.48. The zero-order valence-corrected chi connectivity index (χ0v) is 17.1. The SMILES string of the molecule is CCN(CC)CCOc1ccccc1CNC(=O)CCC(=O)N1CCOCC1. The summed E-state index contributed by atoms with van der Waals surface area (Å²) >= 11 is 0. The molecule has 1 N–H and O–H groups in total. The van der Waals surface area contributed by atoms with Gasteiger partial charge in [0.15, 0.2) is 0 Å². The first-order valence-corrected chi connectivity index (χ1v) is 10.2. The zero-order valence-electron chi connectivity index (χ0n) is 17.1. The molecule has 1 heterocycles. The summed E-state index contributed by atoms with van der Waals surface area (Å²) in [6.07, 6.45) is 0.426. The number of hydrogen-bond donors (Lipinski definition) is 1. The first kappa shape index (κ1) is 22.2. The number of carbonyl (C=O) groups excluding carboxylic acids is 2. The van der Waals surface area contributed by atoms with Crippen LogP contribution in [0.3, 0.4) is 0 Å². The maximum Gasteiger partial charge on any atom is 0.223 e. The van der Waals surface area contributed by atoms with Gasteiger partial charge in [0, 0.05) is 44.6 Å². The third-order valence-corrected chi connectivity index (χ3v) is 4.94. The third-order valence-electron chi connectivity index (χ3n) is 4.94. The smallest absolute Gasteiger partial charge is 0.223 e. The molecular weight excluding hydrogens is 358 g/mol. The molecule has 0 aromatic heterocycles. The number of rotatable bonds is 11. The van der Waals surface area contributed by atoms with Crippen molar-refractivity contribution in [2.45, 2.75) is 33.2 Å². The van der Waals surface area contributed by atoms with E-state index in [1.54, 1.807) is 4.90 Å². The highest BCUT2D eigenvalue weighted by Crippen LogP contribution is 2.17. The van der Waals surface area contributed by atoms with Gasteiger partial charge in [-0.3, -0.25) is 9.59 Å². The van der Waals surface area contributed by atoms with Crippen LogP contribution in [0.1, 0.15) is 32.3 Å². The minimum atomic E-state index is -0.125. The van der Waals surface area contributed by atoms with Gasteiger partial charge in [-0.15, -0.1) is 0 Å². The molecule has 156 valence electrons. The lowest BCUT2D eigenvalue weighted by atomic mass is 10.2. The molecule has 2 rings (SSSR count). The number of morpholine rings is 1. The quantitative estimate of drug-likeness (QED) is 0.621. The van der Waals surface area contributed by atoms with E-state index in [0.29, 0.717) is 39.5 Å². The molecule has 0 atom stereocenters. The highest BCUT2D eigenvalue weighted by Gasteiger charge is 2.17. The van der Waals surface area contributed by atoms with Crippen LogP contribution in [-0.4, -0.2) is 74.2 Å². The summed E-state index contributed by atoms with van der Waals surface area (Å²) < 4.78 is 11.2. The molecule has 1 aromatic rings. The monoisotopic (exact) mass is 391 g/mol. The van der Waals surface area contributed by atoms with Gasteiger partial charge in [-0.1, -0.05) is 32.0 Å². The van der Waals surface area contributed by atoms with Crippen molar-refractivity contribution < 1.29 is 19.1 Å². The Morgan fingerprint density at radius 2 is 1.86 bits per heavy atom. The van der Waals surface area contributed by atoms with E-state index in [4.69, 9.17) is 9.47 Å². The molecule has 1 aromatic carbocycles. The van der Waals surface area contributed by atoms with Crippen LogP contribution in [0.25, 0.3) is 0 Å². The first-order valence-electron chi connectivity index (χ1n) is 10.2. The van der Waals surface area contributed by atoms with Crippen molar-refractivity contribution in [1.82, 2.24) is 15.1 Å². The number of benzene rings is 1. The number of carbonyl (C=O) groups is 2. The normalized spacial score (nSPS) is 14.2. The van der Waals surface area contributed by atoms with Crippen LogP contribution in [0.2, 0.25) is 0 Å². The molecule has 7 nitrogen and oxygen atoms in total. The second-order valence-electron chi connectivity index (χ2n) is 6.75.